The summed E-state index contributed by atoms with van der Waals surface area (Å²) in [6.07, 6.45) is 5.80. The van der Waals surface area contributed by atoms with Gasteiger partial charge in [0.25, 0.3) is 5.91 Å². The molecule has 0 aromatic carbocycles. The minimum absolute atomic E-state index is 0. The number of carbonyl (C=O) groups excluding carboxylic acids is 1. The maximum Gasteiger partial charge on any atom is 0.272 e. The fraction of sp³-hybridized carbons (Fsp3) is 0.778. The second kappa shape index (κ2) is 11.1. The third-order valence-electron chi connectivity index (χ3n) is 5.70. The summed E-state index contributed by atoms with van der Waals surface area (Å²) in [7, 11) is 0. The summed E-state index contributed by atoms with van der Waals surface area (Å²) < 4.78 is 0. The summed E-state index contributed by atoms with van der Waals surface area (Å²) in [6, 6.07) is 0.444. The standard InChI is InChI=1S/C18H31N5O.2ClH/c1-3-13(4-2)16(23-9-5-6-10-23)12-20-18(24)17-14-11-19-8-7-15(14)21-22-17;;/h13,16,19H,3-12H2,1-2H3,(H,20,24)(H,21,22);2*1H. The number of aromatic amines is 1. The van der Waals surface area contributed by atoms with Crippen LogP contribution in [0.1, 0.15) is 61.3 Å². The van der Waals surface area contributed by atoms with E-state index in [1.807, 2.05) is 0 Å². The first-order chi connectivity index (χ1) is 11.7. The number of halogens is 2. The summed E-state index contributed by atoms with van der Waals surface area (Å²) in [4.78, 5) is 15.2. The molecule has 26 heavy (non-hydrogen) atoms. The summed E-state index contributed by atoms with van der Waals surface area (Å²) in [5.41, 5.74) is 2.72. The zero-order chi connectivity index (χ0) is 16.9. The van der Waals surface area contributed by atoms with Crippen molar-refractivity contribution in [3.8, 4) is 0 Å². The van der Waals surface area contributed by atoms with Crippen LogP contribution in [0.25, 0.3) is 0 Å². The van der Waals surface area contributed by atoms with Crippen molar-refractivity contribution in [3.63, 3.8) is 0 Å². The number of nitrogens with zero attached hydrogens (tertiary/aromatic N) is 2. The van der Waals surface area contributed by atoms with E-state index < -0.39 is 0 Å². The van der Waals surface area contributed by atoms with E-state index in [0.717, 1.165) is 50.2 Å². The van der Waals surface area contributed by atoms with Gasteiger partial charge in [0.1, 0.15) is 0 Å². The Bertz CT molecular complexity index is 554. The molecule has 1 unspecified atom stereocenters. The van der Waals surface area contributed by atoms with Crippen LogP contribution in [-0.2, 0) is 13.0 Å². The summed E-state index contributed by atoms with van der Waals surface area (Å²) in [6.45, 7) is 9.25. The second-order valence-corrected chi connectivity index (χ2v) is 7.05. The highest BCUT2D eigenvalue weighted by Gasteiger charge is 2.29. The quantitative estimate of drug-likeness (QED) is 0.651. The highest BCUT2D eigenvalue weighted by Crippen LogP contribution is 2.23. The third kappa shape index (κ3) is 5.12. The molecule has 3 N–H and O–H groups in total. The van der Waals surface area contributed by atoms with Crippen molar-refractivity contribution in [1.82, 2.24) is 25.7 Å². The minimum atomic E-state index is -0.0358. The second-order valence-electron chi connectivity index (χ2n) is 7.05. The van der Waals surface area contributed by atoms with Crippen LogP contribution in [0.15, 0.2) is 0 Å². The van der Waals surface area contributed by atoms with Gasteiger partial charge in [-0.25, -0.2) is 0 Å². The summed E-state index contributed by atoms with van der Waals surface area (Å²) in [5.74, 6) is 0.601. The third-order valence-corrected chi connectivity index (χ3v) is 5.70. The Kier molecular flexibility index (Phi) is 9.93. The molecule has 0 aliphatic carbocycles. The van der Waals surface area contributed by atoms with E-state index in [1.54, 1.807) is 0 Å². The number of carbonyl (C=O) groups is 1. The van der Waals surface area contributed by atoms with Crippen molar-refractivity contribution in [2.45, 2.75) is 58.5 Å². The number of H-pyrrole nitrogens is 1. The summed E-state index contributed by atoms with van der Waals surface area (Å²) in [5, 5.41) is 13.8. The lowest BCUT2D eigenvalue weighted by molar-refractivity contribution is 0.0911. The molecule has 1 fully saturated rings. The molecule has 1 amide bonds. The van der Waals surface area contributed by atoms with E-state index in [4.69, 9.17) is 0 Å². The van der Waals surface area contributed by atoms with Gasteiger partial charge in [0, 0.05) is 43.4 Å². The molecule has 1 atom stereocenters. The average molecular weight is 406 g/mol. The molecule has 0 bridgehead atoms. The molecule has 3 rings (SSSR count). The highest BCUT2D eigenvalue weighted by molar-refractivity contribution is 5.94. The van der Waals surface area contributed by atoms with Crippen molar-refractivity contribution >= 4 is 30.7 Å². The van der Waals surface area contributed by atoms with Gasteiger partial charge in [0.15, 0.2) is 5.69 Å². The topological polar surface area (TPSA) is 73.0 Å². The maximum absolute atomic E-state index is 12.7. The van der Waals surface area contributed by atoms with Crippen molar-refractivity contribution in [2.75, 3.05) is 26.2 Å². The number of fused-ring (bicyclic) bond motifs is 1. The molecule has 6 nitrogen and oxygen atoms in total. The van der Waals surface area contributed by atoms with Crippen molar-refractivity contribution < 1.29 is 4.79 Å². The molecule has 1 aromatic heterocycles. The van der Waals surface area contributed by atoms with Gasteiger partial charge in [0.05, 0.1) is 0 Å². The predicted octanol–water partition coefficient (Wildman–Crippen LogP) is 2.53. The lowest BCUT2D eigenvalue weighted by Gasteiger charge is -2.33. The van der Waals surface area contributed by atoms with Gasteiger partial charge in [-0.3, -0.25) is 14.8 Å². The van der Waals surface area contributed by atoms with Gasteiger partial charge in [0.2, 0.25) is 0 Å². The van der Waals surface area contributed by atoms with E-state index >= 15 is 0 Å². The Morgan fingerprint density at radius 3 is 2.58 bits per heavy atom. The van der Waals surface area contributed by atoms with E-state index in [-0.39, 0.29) is 30.7 Å². The SMILES string of the molecule is CCC(CC)C(CNC(=O)c1n[nH]c2c1CNCC2)N1CCCC1.Cl.Cl. The van der Waals surface area contributed by atoms with Crippen molar-refractivity contribution in [3.05, 3.63) is 17.0 Å². The van der Waals surface area contributed by atoms with Gasteiger partial charge in [-0.15, -0.1) is 24.8 Å². The largest absolute Gasteiger partial charge is 0.349 e. The first kappa shape index (κ1) is 23.2. The first-order valence-corrected chi connectivity index (χ1v) is 9.53. The van der Waals surface area contributed by atoms with E-state index in [2.05, 4.69) is 39.6 Å². The Morgan fingerprint density at radius 1 is 1.23 bits per heavy atom. The Morgan fingerprint density at radius 2 is 1.92 bits per heavy atom. The van der Waals surface area contributed by atoms with Crippen LogP contribution in [0.4, 0.5) is 0 Å². The van der Waals surface area contributed by atoms with Crippen LogP contribution in [-0.4, -0.2) is 53.2 Å². The lowest BCUT2D eigenvalue weighted by Crippen LogP contribution is -2.47. The van der Waals surface area contributed by atoms with Crippen LogP contribution < -0.4 is 10.6 Å². The molecule has 2 aliphatic rings. The molecular formula is C18H33Cl2N5O. The summed E-state index contributed by atoms with van der Waals surface area (Å²) >= 11 is 0. The normalized spacial score (nSPS) is 18.0. The Hall–Kier alpha value is -0.820. The zero-order valence-corrected chi connectivity index (χ0v) is 17.5. The van der Waals surface area contributed by atoms with Gasteiger partial charge in [-0.05, 0) is 31.8 Å². The van der Waals surface area contributed by atoms with Crippen molar-refractivity contribution in [1.29, 1.82) is 0 Å². The fourth-order valence-corrected chi connectivity index (χ4v) is 4.19. The monoisotopic (exact) mass is 405 g/mol. The average Bonchev–Trinajstić information content (AvgIpc) is 3.27. The van der Waals surface area contributed by atoms with Crippen LogP contribution in [0.3, 0.4) is 0 Å². The smallest absolute Gasteiger partial charge is 0.272 e. The van der Waals surface area contributed by atoms with Gasteiger partial charge in [-0.2, -0.15) is 5.10 Å². The molecule has 1 aromatic rings. The predicted molar refractivity (Wildman–Crippen MR) is 109 cm³/mol. The number of rotatable bonds is 7. The lowest BCUT2D eigenvalue weighted by atomic mass is 9.93. The Balaban J connectivity index is 0.00000169. The molecule has 3 heterocycles. The molecule has 2 aliphatic heterocycles. The number of hydrogen-bond acceptors (Lipinski definition) is 4. The van der Waals surface area contributed by atoms with Crippen LogP contribution in [0.5, 0.6) is 0 Å². The van der Waals surface area contributed by atoms with Crippen molar-refractivity contribution in [2.24, 2.45) is 5.92 Å². The van der Waals surface area contributed by atoms with E-state index in [1.165, 1.54) is 25.9 Å². The van der Waals surface area contributed by atoms with Crippen LogP contribution in [0.2, 0.25) is 0 Å². The van der Waals surface area contributed by atoms with Crippen LogP contribution >= 0.6 is 24.8 Å². The number of amides is 1. The first-order valence-electron chi connectivity index (χ1n) is 9.53. The maximum atomic E-state index is 12.7. The van der Waals surface area contributed by atoms with Gasteiger partial charge >= 0.3 is 0 Å². The molecule has 150 valence electrons. The molecule has 0 saturated carbocycles. The number of nitrogens with one attached hydrogen (secondary N) is 3. The molecule has 8 heteroatoms. The zero-order valence-electron chi connectivity index (χ0n) is 15.8. The number of aromatic nitrogens is 2. The minimum Gasteiger partial charge on any atom is -0.349 e. The Labute approximate surface area is 169 Å². The van der Waals surface area contributed by atoms with Gasteiger partial charge < -0.3 is 10.6 Å². The van der Waals surface area contributed by atoms with Gasteiger partial charge in [-0.1, -0.05) is 26.7 Å². The number of likely N-dealkylation sites (tertiary alicyclic amines) is 1. The molecule has 1 saturated heterocycles. The molecule has 0 radical (unpaired) electrons. The number of hydrogen-bond donors (Lipinski definition) is 3. The highest BCUT2D eigenvalue weighted by atomic mass is 35.5. The van der Waals surface area contributed by atoms with Crippen LogP contribution in [0, 0.1) is 5.92 Å². The van der Waals surface area contributed by atoms with E-state index in [9.17, 15) is 4.79 Å². The molecule has 0 spiro atoms. The fourth-order valence-electron chi connectivity index (χ4n) is 4.19. The molecular weight excluding hydrogens is 373 g/mol. The van der Waals surface area contributed by atoms with E-state index in [0.29, 0.717) is 17.7 Å².